The lowest BCUT2D eigenvalue weighted by Gasteiger charge is -2.44. The lowest BCUT2D eigenvalue weighted by molar-refractivity contribution is -0.145. The third-order valence-electron chi connectivity index (χ3n) is 7.75. The van der Waals surface area contributed by atoms with E-state index in [0.717, 1.165) is 17.5 Å². The van der Waals surface area contributed by atoms with Gasteiger partial charge in [-0.2, -0.15) is 0 Å². The Morgan fingerprint density at radius 2 is 1.64 bits per heavy atom. The van der Waals surface area contributed by atoms with E-state index in [1.165, 1.54) is 12.1 Å². The molecule has 3 aromatic rings. The number of rotatable bonds is 9. The average Bonchev–Trinajstić information content (AvgIpc) is 2.93. The number of hydrogen-bond donors (Lipinski definition) is 3. The van der Waals surface area contributed by atoms with Crippen molar-refractivity contribution >= 4 is 23.6 Å². The van der Waals surface area contributed by atoms with Crippen LogP contribution in [0.5, 0.6) is 5.75 Å². The van der Waals surface area contributed by atoms with Crippen LogP contribution >= 0.6 is 0 Å². The first-order valence-corrected chi connectivity index (χ1v) is 14.9. The molecule has 2 unspecified atom stereocenters. The van der Waals surface area contributed by atoms with Gasteiger partial charge in [0.25, 0.3) is 5.91 Å². The standard InChI is InChI=1S/C36H41N3O5/c1-7-26-14-8-9-17-29(26)32(33(41)38-31-23(2)12-10-13-24(31)3)39(27-15-11-16-27)34(42)30(37-35(43)44-36(4,5)6)22-25-18-20-28(40)21-19-25/h1,8-10,12-14,17-21,27,30,32,40H,11,15-16,22H2,2-6H3,(H,37,43)(H,38,41). The van der Waals surface area contributed by atoms with Gasteiger partial charge in [0, 0.05) is 23.7 Å². The zero-order valence-electron chi connectivity index (χ0n) is 26.0. The molecule has 8 nitrogen and oxygen atoms in total. The summed E-state index contributed by atoms with van der Waals surface area (Å²) in [7, 11) is 0. The van der Waals surface area contributed by atoms with Crippen LogP contribution in [-0.2, 0) is 20.7 Å². The summed E-state index contributed by atoms with van der Waals surface area (Å²) in [5.74, 6) is 1.95. The molecule has 0 aliphatic heterocycles. The van der Waals surface area contributed by atoms with Crippen molar-refractivity contribution in [3.05, 3.63) is 94.5 Å². The maximum Gasteiger partial charge on any atom is 0.408 e. The number of carbonyl (C=O) groups is 3. The number of terminal acetylenes is 1. The molecule has 1 aliphatic rings. The number of hydrogen-bond acceptors (Lipinski definition) is 5. The summed E-state index contributed by atoms with van der Waals surface area (Å²) in [6.07, 6.45) is 7.59. The molecule has 0 saturated heterocycles. The van der Waals surface area contributed by atoms with Gasteiger partial charge >= 0.3 is 6.09 Å². The monoisotopic (exact) mass is 595 g/mol. The van der Waals surface area contributed by atoms with Gasteiger partial charge in [-0.3, -0.25) is 9.59 Å². The van der Waals surface area contributed by atoms with E-state index < -0.39 is 35.6 Å². The van der Waals surface area contributed by atoms with Gasteiger partial charge in [0.15, 0.2) is 0 Å². The Labute approximate surface area is 259 Å². The molecule has 1 saturated carbocycles. The summed E-state index contributed by atoms with van der Waals surface area (Å²) >= 11 is 0. The van der Waals surface area contributed by atoms with Gasteiger partial charge in [-0.15, -0.1) is 6.42 Å². The SMILES string of the molecule is C#Cc1ccccc1C(C(=O)Nc1c(C)cccc1C)N(C(=O)C(Cc1ccc(O)cc1)NC(=O)OC(C)(C)C)C1CCC1. The van der Waals surface area contributed by atoms with Crippen LogP contribution < -0.4 is 10.6 Å². The van der Waals surface area contributed by atoms with Crippen molar-refractivity contribution in [2.45, 2.75) is 84.0 Å². The molecule has 3 N–H and O–H groups in total. The van der Waals surface area contributed by atoms with Crippen molar-refractivity contribution in [2.75, 3.05) is 5.32 Å². The first kappa shape index (κ1) is 32.2. The quantitative estimate of drug-likeness (QED) is 0.256. The largest absolute Gasteiger partial charge is 0.508 e. The topological polar surface area (TPSA) is 108 Å². The van der Waals surface area contributed by atoms with Crippen LogP contribution in [0, 0.1) is 26.2 Å². The summed E-state index contributed by atoms with van der Waals surface area (Å²) in [5, 5.41) is 15.7. The molecule has 0 aromatic heterocycles. The number of carbonyl (C=O) groups excluding carboxylic acids is 3. The third kappa shape index (κ3) is 7.78. The molecule has 3 aromatic carbocycles. The van der Waals surface area contributed by atoms with E-state index in [-0.39, 0.29) is 18.2 Å². The molecule has 3 amide bonds. The van der Waals surface area contributed by atoms with Crippen LogP contribution in [0.3, 0.4) is 0 Å². The number of ether oxygens (including phenoxy) is 1. The molecule has 0 heterocycles. The van der Waals surface area contributed by atoms with Gasteiger partial charge in [-0.05, 0) is 94.3 Å². The predicted octanol–water partition coefficient (Wildman–Crippen LogP) is 6.19. The van der Waals surface area contributed by atoms with Crippen LogP contribution in [0.15, 0.2) is 66.7 Å². The minimum absolute atomic E-state index is 0.0851. The highest BCUT2D eigenvalue weighted by atomic mass is 16.6. The van der Waals surface area contributed by atoms with E-state index in [4.69, 9.17) is 11.2 Å². The van der Waals surface area contributed by atoms with Crippen molar-refractivity contribution in [3.8, 4) is 18.1 Å². The number of nitrogens with one attached hydrogen (secondary N) is 2. The molecular weight excluding hydrogens is 554 g/mol. The van der Waals surface area contributed by atoms with Crippen LogP contribution in [-0.4, -0.2) is 45.6 Å². The predicted molar refractivity (Wildman–Crippen MR) is 171 cm³/mol. The van der Waals surface area contributed by atoms with E-state index in [0.29, 0.717) is 35.2 Å². The second-order valence-corrected chi connectivity index (χ2v) is 12.3. The molecule has 1 fully saturated rings. The fraction of sp³-hybridized carbons (Fsp3) is 0.361. The van der Waals surface area contributed by atoms with E-state index >= 15 is 0 Å². The Bertz CT molecular complexity index is 1530. The van der Waals surface area contributed by atoms with E-state index in [2.05, 4.69) is 16.6 Å². The number of anilines is 1. The number of aryl methyl sites for hydroxylation is 2. The third-order valence-corrected chi connectivity index (χ3v) is 7.75. The Morgan fingerprint density at radius 1 is 1.00 bits per heavy atom. The Kier molecular flexibility index (Phi) is 10.00. The Hall–Kier alpha value is -4.77. The molecule has 230 valence electrons. The number of aromatic hydroxyl groups is 1. The number of para-hydroxylation sites is 1. The fourth-order valence-electron chi connectivity index (χ4n) is 5.37. The van der Waals surface area contributed by atoms with Gasteiger partial charge in [0.2, 0.25) is 5.91 Å². The zero-order valence-corrected chi connectivity index (χ0v) is 26.0. The average molecular weight is 596 g/mol. The highest BCUT2D eigenvalue weighted by Crippen LogP contribution is 2.36. The summed E-state index contributed by atoms with van der Waals surface area (Å²) in [5.41, 5.74) is 3.41. The van der Waals surface area contributed by atoms with Gasteiger partial charge in [-0.1, -0.05) is 54.5 Å². The number of alkyl carbamates (subject to hydrolysis) is 1. The molecule has 0 radical (unpaired) electrons. The number of amides is 3. The van der Waals surface area contributed by atoms with Gasteiger partial charge in [0.05, 0.1) is 0 Å². The van der Waals surface area contributed by atoms with Crippen molar-refractivity contribution in [2.24, 2.45) is 0 Å². The maximum absolute atomic E-state index is 14.7. The number of nitrogens with zero attached hydrogens (tertiary/aromatic N) is 1. The molecular formula is C36H41N3O5. The smallest absolute Gasteiger partial charge is 0.408 e. The van der Waals surface area contributed by atoms with Crippen molar-refractivity contribution in [1.29, 1.82) is 0 Å². The number of benzene rings is 3. The van der Waals surface area contributed by atoms with Crippen molar-refractivity contribution in [3.63, 3.8) is 0 Å². The lowest BCUT2D eigenvalue weighted by atomic mass is 9.86. The van der Waals surface area contributed by atoms with Gasteiger partial charge in [0.1, 0.15) is 23.4 Å². The highest BCUT2D eigenvalue weighted by Gasteiger charge is 2.43. The second kappa shape index (κ2) is 13.7. The summed E-state index contributed by atoms with van der Waals surface area (Å²) < 4.78 is 5.52. The number of phenols is 1. The first-order chi connectivity index (χ1) is 20.9. The van der Waals surface area contributed by atoms with Crippen molar-refractivity contribution < 1.29 is 24.2 Å². The molecule has 0 spiro atoms. The van der Waals surface area contributed by atoms with Crippen LogP contribution in [0.4, 0.5) is 10.5 Å². The first-order valence-electron chi connectivity index (χ1n) is 14.9. The van der Waals surface area contributed by atoms with Crippen LogP contribution in [0.1, 0.15) is 73.9 Å². The van der Waals surface area contributed by atoms with E-state index in [9.17, 15) is 19.5 Å². The molecule has 2 atom stereocenters. The zero-order chi connectivity index (χ0) is 32.0. The van der Waals surface area contributed by atoms with E-state index in [1.807, 2.05) is 32.0 Å². The summed E-state index contributed by atoms with van der Waals surface area (Å²) in [6, 6.07) is 16.9. The van der Waals surface area contributed by atoms with Gasteiger partial charge < -0.3 is 25.4 Å². The van der Waals surface area contributed by atoms with Crippen molar-refractivity contribution in [1.82, 2.24) is 10.2 Å². The molecule has 1 aliphatic carbocycles. The van der Waals surface area contributed by atoms with Crippen LogP contribution in [0.25, 0.3) is 0 Å². The Balaban J connectivity index is 1.81. The van der Waals surface area contributed by atoms with E-state index in [1.54, 1.807) is 62.1 Å². The second-order valence-electron chi connectivity index (χ2n) is 12.3. The minimum atomic E-state index is -1.07. The molecule has 44 heavy (non-hydrogen) atoms. The molecule has 4 rings (SSSR count). The number of phenolic OH excluding ortho intramolecular Hbond substituents is 1. The fourth-order valence-corrected chi connectivity index (χ4v) is 5.37. The van der Waals surface area contributed by atoms with Crippen LogP contribution in [0.2, 0.25) is 0 Å². The molecule has 8 heteroatoms. The maximum atomic E-state index is 14.7. The minimum Gasteiger partial charge on any atom is -0.508 e. The summed E-state index contributed by atoms with van der Waals surface area (Å²) in [4.78, 5) is 43.8. The normalized spacial score (nSPS) is 14.4. The highest BCUT2D eigenvalue weighted by molar-refractivity contribution is 6.00. The van der Waals surface area contributed by atoms with Gasteiger partial charge in [-0.25, -0.2) is 4.79 Å². The molecule has 0 bridgehead atoms. The summed E-state index contributed by atoms with van der Waals surface area (Å²) in [6.45, 7) is 9.07. The Morgan fingerprint density at radius 3 is 2.20 bits per heavy atom. The lowest BCUT2D eigenvalue weighted by Crippen LogP contribution is -2.57.